The SMILES string of the molecule is Clc1ccccc1C1CSC(=C2NC=CN2)S1. The average Bonchev–Trinajstić information content (AvgIpc) is 3.00. The molecule has 1 fully saturated rings. The van der Waals surface area contributed by atoms with Gasteiger partial charge in [0.2, 0.25) is 0 Å². The van der Waals surface area contributed by atoms with E-state index in [1.807, 2.05) is 54.1 Å². The molecule has 2 heterocycles. The fraction of sp³-hybridized carbons (Fsp3) is 0.167. The van der Waals surface area contributed by atoms with E-state index in [0.717, 1.165) is 16.6 Å². The van der Waals surface area contributed by atoms with Crippen molar-refractivity contribution in [1.82, 2.24) is 10.6 Å². The first-order valence-electron chi connectivity index (χ1n) is 5.31. The molecule has 3 rings (SSSR count). The highest BCUT2D eigenvalue weighted by molar-refractivity contribution is 8.25. The number of nitrogens with one attached hydrogen (secondary N) is 2. The summed E-state index contributed by atoms with van der Waals surface area (Å²) < 4.78 is 1.31. The van der Waals surface area contributed by atoms with Gasteiger partial charge in [0.15, 0.2) is 0 Å². The molecule has 5 heteroatoms. The third-order valence-corrected chi connectivity index (χ3v) is 5.90. The fourth-order valence-corrected chi connectivity index (χ4v) is 4.98. The van der Waals surface area contributed by atoms with E-state index in [-0.39, 0.29) is 0 Å². The molecule has 2 nitrogen and oxygen atoms in total. The van der Waals surface area contributed by atoms with E-state index in [9.17, 15) is 0 Å². The Morgan fingerprint density at radius 3 is 2.71 bits per heavy atom. The van der Waals surface area contributed by atoms with Crippen molar-refractivity contribution < 1.29 is 0 Å². The molecule has 1 aromatic rings. The molecule has 1 atom stereocenters. The van der Waals surface area contributed by atoms with Crippen molar-refractivity contribution in [3.8, 4) is 0 Å². The summed E-state index contributed by atoms with van der Waals surface area (Å²) in [6, 6.07) is 8.09. The van der Waals surface area contributed by atoms with Crippen LogP contribution < -0.4 is 10.6 Å². The summed E-state index contributed by atoms with van der Waals surface area (Å²) in [6.07, 6.45) is 3.82. The van der Waals surface area contributed by atoms with E-state index >= 15 is 0 Å². The van der Waals surface area contributed by atoms with Crippen LogP contribution in [0, 0.1) is 0 Å². The summed E-state index contributed by atoms with van der Waals surface area (Å²) in [5, 5.41) is 7.70. The van der Waals surface area contributed by atoms with Crippen LogP contribution in [0.2, 0.25) is 5.02 Å². The van der Waals surface area contributed by atoms with Crippen LogP contribution >= 0.6 is 35.1 Å². The Morgan fingerprint density at radius 2 is 1.94 bits per heavy atom. The summed E-state index contributed by atoms with van der Waals surface area (Å²) >= 11 is 9.97. The van der Waals surface area contributed by atoms with E-state index in [2.05, 4.69) is 16.7 Å². The van der Waals surface area contributed by atoms with E-state index in [4.69, 9.17) is 11.6 Å². The van der Waals surface area contributed by atoms with Gasteiger partial charge >= 0.3 is 0 Å². The van der Waals surface area contributed by atoms with Gasteiger partial charge < -0.3 is 10.6 Å². The Morgan fingerprint density at radius 1 is 1.18 bits per heavy atom. The Bertz CT molecular complexity index is 489. The van der Waals surface area contributed by atoms with Gasteiger partial charge in [-0.05, 0) is 11.6 Å². The van der Waals surface area contributed by atoms with Crippen LogP contribution in [-0.2, 0) is 0 Å². The normalized spacial score (nSPS) is 22.8. The summed E-state index contributed by atoms with van der Waals surface area (Å²) in [5.41, 5.74) is 1.23. The maximum atomic E-state index is 6.23. The van der Waals surface area contributed by atoms with Crippen LogP contribution in [-0.4, -0.2) is 5.75 Å². The molecule has 0 aliphatic carbocycles. The molecule has 1 saturated heterocycles. The molecule has 17 heavy (non-hydrogen) atoms. The summed E-state index contributed by atoms with van der Waals surface area (Å²) in [4.78, 5) is 0. The number of benzene rings is 1. The van der Waals surface area contributed by atoms with Gasteiger partial charge in [-0.1, -0.05) is 29.8 Å². The zero-order valence-corrected chi connectivity index (χ0v) is 11.3. The van der Waals surface area contributed by atoms with E-state index in [0.29, 0.717) is 5.25 Å². The topological polar surface area (TPSA) is 24.1 Å². The zero-order valence-electron chi connectivity index (χ0n) is 8.94. The maximum absolute atomic E-state index is 6.23. The van der Waals surface area contributed by atoms with Crippen LogP contribution in [0.4, 0.5) is 0 Å². The molecular weight excluding hydrogens is 272 g/mol. The van der Waals surface area contributed by atoms with Crippen molar-refractivity contribution in [3.63, 3.8) is 0 Å². The van der Waals surface area contributed by atoms with Gasteiger partial charge in [-0.25, -0.2) is 0 Å². The number of rotatable bonds is 1. The summed E-state index contributed by atoms with van der Waals surface area (Å²) in [6.45, 7) is 0. The van der Waals surface area contributed by atoms with Crippen LogP contribution in [0.5, 0.6) is 0 Å². The average molecular weight is 283 g/mol. The highest BCUT2D eigenvalue weighted by Gasteiger charge is 2.27. The van der Waals surface area contributed by atoms with Crippen molar-refractivity contribution in [3.05, 3.63) is 57.3 Å². The lowest BCUT2D eigenvalue weighted by molar-refractivity contribution is 0.992. The van der Waals surface area contributed by atoms with E-state index in [1.165, 1.54) is 9.80 Å². The van der Waals surface area contributed by atoms with Crippen LogP contribution in [0.25, 0.3) is 0 Å². The number of halogens is 1. The summed E-state index contributed by atoms with van der Waals surface area (Å²) in [5.74, 6) is 2.16. The first-order valence-corrected chi connectivity index (χ1v) is 7.55. The highest BCUT2D eigenvalue weighted by Crippen LogP contribution is 2.52. The van der Waals surface area contributed by atoms with Gasteiger partial charge in [0, 0.05) is 28.4 Å². The van der Waals surface area contributed by atoms with Gasteiger partial charge in [-0.15, -0.1) is 23.5 Å². The van der Waals surface area contributed by atoms with Gasteiger partial charge in [-0.2, -0.15) is 0 Å². The minimum absolute atomic E-state index is 0.445. The van der Waals surface area contributed by atoms with Crippen molar-refractivity contribution in [1.29, 1.82) is 0 Å². The molecule has 0 bridgehead atoms. The van der Waals surface area contributed by atoms with Gasteiger partial charge in [0.25, 0.3) is 0 Å². The van der Waals surface area contributed by atoms with Crippen molar-refractivity contribution in [2.24, 2.45) is 0 Å². The lowest BCUT2D eigenvalue weighted by Gasteiger charge is -2.09. The monoisotopic (exact) mass is 282 g/mol. The second-order valence-electron chi connectivity index (χ2n) is 3.72. The van der Waals surface area contributed by atoms with Crippen LogP contribution in [0.15, 0.2) is 46.7 Å². The predicted octanol–water partition coefficient (Wildman–Crippen LogP) is 3.65. The minimum Gasteiger partial charge on any atom is -0.345 e. The second-order valence-corrected chi connectivity index (χ2v) is 6.63. The molecule has 0 saturated carbocycles. The molecule has 1 aromatic carbocycles. The van der Waals surface area contributed by atoms with Crippen LogP contribution in [0.1, 0.15) is 10.8 Å². The second kappa shape index (κ2) is 4.88. The molecule has 0 radical (unpaired) electrons. The van der Waals surface area contributed by atoms with Gasteiger partial charge in [0.1, 0.15) is 5.82 Å². The van der Waals surface area contributed by atoms with Gasteiger partial charge in [-0.3, -0.25) is 0 Å². The number of hydrogen-bond acceptors (Lipinski definition) is 4. The van der Waals surface area contributed by atoms with Crippen molar-refractivity contribution in [2.45, 2.75) is 5.25 Å². The lowest BCUT2D eigenvalue weighted by Crippen LogP contribution is -2.10. The first kappa shape index (κ1) is 11.4. The quantitative estimate of drug-likeness (QED) is 0.821. The van der Waals surface area contributed by atoms with Crippen molar-refractivity contribution in [2.75, 3.05) is 5.75 Å². The Kier molecular flexibility index (Phi) is 3.27. The van der Waals surface area contributed by atoms with E-state index < -0.39 is 0 Å². The van der Waals surface area contributed by atoms with E-state index in [1.54, 1.807) is 0 Å². The first-order chi connectivity index (χ1) is 8.34. The standard InChI is InChI=1S/C12H11ClN2S2/c13-9-4-2-1-3-8(9)10-7-16-12(17-10)11-14-5-6-15-11/h1-6,10,14-15H,7H2. The number of hydrogen-bond donors (Lipinski definition) is 2. The predicted molar refractivity (Wildman–Crippen MR) is 76.7 cm³/mol. The fourth-order valence-electron chi connectivity index (χ4n) is 1.78. The lowest BCUT2D eigenvalue weighted by atomic mass is 10.2. The van der Waals surface area contributed by atoms with Crippen molar-refractivity contribution >= 4 is 35.1 Å². The van der Waals surface area contributed by atoms with Gasteiger partial charge in [0.05, 0.1) is 4.24 Å². The largest absolute Gasteiger partial charge is 0.345 e. The zero-order chi connectivity index (χ0) is 11.7. The third kappa shape index (κ3) is 2.30. The van der Waals surface area contributed by atoms with Crippen LogP contribution in [0.3, 0.4) is 0 Å². The molecule has 0 amide bonds. The molecule has 1 unspecified atom stereocenters. The molecule has 0 aromatic heterocycles. The third-order valence-electron chi connectivity index (χ3n) is 2.61. The Labute approximate surface area is 114 Å². The summed E-state index contributed by atoms with van der Waals surface area (Å²) in [7, 11) is 0. The Hall–Kier alpha value is -0.710. The maximum Gasteiger partial charge on any atom is 0.127 e. The molecule has 2 N–H and O–H groups in total. The Balaban J connectivity index is 1.81. The smallest absolute Gasteiger partial charge is 0.127 e. The molecule has 2 aliphatic rings. The molecule has 0 spiro atoms. The molecule has 2 aliphatic heterocycles. The molecule has 88 valence electrons. The number of thioether (sulfide) groups is 2. The minimum atomic E-state index is 0.445. The highest BCUT2D eigenvalue weighted by atomic mass is 35.5. The molecular formula is C12H11ClN2S2.